The number of carbonyl (C=O) groups excluding carboxylic acids is 2. The Morgan fingerprint density at radius 1 is 1.26 bits per heavy atom. The Balaban J connectivity index is 0.00000261. The van der Waals surface area contributed by atoms with Gasteiger partial charge in [-0.25, -0.2) is 0 Å². The maximum absolute atomic E-state index is 12.9. The molecule has 5 nitrogen and oxygen atoms in total. The summed E-state index contributed by atoms with van der Waals surface area (Å²) in [5.74, 6) is 0.709. The number of benzene rings is 1. The highest BCUT2D eigenvalue weighted by atomic mass is 35.5. The maximum Gasteiger partial charge on any atom is 0.227 e. The first kappa shape index (κ1) is 22.0. The van der Waals surface area contributed by atoms with E-state index in [1.807, 2.05) is 34.9 Å². The van der Waals surface area contributed by atoms with Crippen LogP contribution < -0.4 is 5.73 Å². The molecule has 2 fully saturated rings. The summed E-state index contributed by atoms with van der Waals surface area (Å²) in [5.41, 5.74) is 6.75. The number of rotatable bonds is 4. The Hall–Kier alpha value is -1.30. The molecule has 150 valence electrons. The normalized spacial score (nSPS) is 25.2. The van der Waals surface area contributed by atoms with Gasteiger partial charge in [0.15, 0.2) is 0 Å². The van der Waals surface area contributed by atoms with E-state index in [1.165, 1.54) is 0 Å². The highest BCUT2D eigenvalue weighted by molar-refractivity contribution is 6.30. The van der Waals surface area contributed by atoms with E-state index < -0.39 is 0 Å². The van der Waals surface area contributed by atoms with Crippen LogP contribution in [0.15, 0.2) is 24.3 Å². The van der Waals surface area contributed by atoms with Crippen molar-refractivity contribution < 1.29 is 9.59 Å². The van der Waals surface area contributed by atoms with E-state index in [9.17, 15) is 9.59 Å². The third kappa shape index (κ3) is 5.15. The fourth-order valence-corrected chi connectivity index (χ4v) is 4.54. The standard InChI is InChI=1S/C20H28ClN3O2.ClH/c1-14-13-23(20(26)18-7-3-5-16(18)12-22)8-9-24(14)19(25)11-15-4-2-6-17(21)10-15;/h2,4,6,10,14,16,18H,3,5,7-9,11-13,22H2,1H3;1H/t14?,16-,18-;/m1./s1. The van der Waals surface area contributed by atoms with Crippen molar-refractivity contribution in [1.82, 2.24) is 9.80 Å². The summed E-state index contributed by atoms with van der Waals surface area (Å²) in [5, 5.41) is 0.643. The van der Waals surface area contributed by atoms with E-state index in [1.54, 1.807) is 6.07 Å². The summed E-state index contributed by atoms with van der Waals surface area (Å²) in [6.07, 6.45) is 3.44. The molecule has 2 aliphatic rings. The SMILES string of the molecule is CC1CN(C(=O)[C@@H]2CCC[C@@H]2CN)CCN1C(=O)Cc1cccc(Cl)c1.Cl. The highest BCUT2D eigenvalue weighted by Gasteiger charge is 2.37. The highest BCUT2D eigenvalue weighted by Crippen LogP contribution is 2.33. The quantitative estimate of drug-likeness (QED) is 0.824. The van der Waals surface area contributed by atoms with Gasteiger partial charge in [0.25, 0.3) is 0 Å². The zero-order valence-electron chi connectivity index (χ0n) is 15.8. The van der Waals surface area contributed by atoms with Crippen molar-refractivity contribution in [2.24, 2.45) is 17.6 Å². The van der Waals surface area contributed by atoms with Crippen molar-refractivity contribution in [3.8, 4) is 0 Å². The maximum atomic E-state index is 12.9. The first-order valence-electron chi connectivity index (χ1n) is 9.52. The van der Waals surface area contributed by atoms with Crippen LogP contribution in [0.5, 0.6) is 0 Å². The molecular formula is C20H29Cl2N3O2. The molecular weight excluding hydrogens is 385 g/mol. The van der Waals surface area contributed by atoms with E-state index in [0.29, 0.717) is 43.5 Å². The van der Waals surface area contributed by atoms with Crippen LogP contribution in [-0.4, -0.2) is 53.8 Å². The van der Waals surface area contributed by atoms with E-state index in [4.69, 9.17) is 17.3 Å². The predicted molar refractivity (Wildman–Crippen MR) is 110 cm³/mol. The summed E-state index contributed by atoms with van der Waals surface area (Å²) in [6, 6.07) is 7.44. The zero-order chi connectivity index (χ0) is 18.7. The van der Waals surface area contributed by atoms with E-state index in [0.717, 1.165) is 24.8 Å². The second-order valence-electron chi connectivity index (χ2n) is 7.56. The van der Waals surface area contributed by atoms with Crippen molar-refractivity contribution >= 4 is 35.8 Å². The molecule has 2 amide bonds. The van der Waals surface area contributed by atoms with Crippen LogP contribution in [0.2, 0.25) is 5.02 Å². The number of amides is 2. The Morgan fingerprint density at radius 3 is 2.70 bits per heavy atom. The summed E-state index contributed by atoms with van der Waals surface area (Å²) in [6.45, 7) is 4.41. The molecule has 2 N–H and O–H groups in total. The predicted octanol–water partition coefficient (Wildman–Crippen LogP) is 2.74. The minimum atomic E-state index is 0. The average molecular weight is 414 g/mol. The monoisotopic (exact) mass is 413 g/mol. The third-order valence-electron chi connectivity index (χ3n) is 5.78. The van der Waals surface area contributed by atoms with Crippen LogP contribution in [0.4, 0.5) is 0 Å². The number of hydrogen-bond donors (Lipinski definition) is 1. The molecule has 1 aliphatic carbocycles. The van der Waals surface area contributed by atoms with Crippen LogP contribution >= 0.6 is 24.0 Å². The van der Waals surface area contributed by atoms with Crippen molar-refractivity contribution in [3.05, 3.63) is 34.9 Å². The largest absolute Gasteiger partial charge is 0.339 e. The smallest absolute Gasteiger partial charge is 0.227 e. The number of halogens is 2. The number of piperazine rings is 1. The van der Waals surface area contributed by atoms with Crippen LogP contribution in [-0.2, 0) is 16.0 Å². The van der Waals surface area contributed by atoms with Crippen LogP contribution in [0.25, 0.3) is 0 Å². The molecule has 27 heavy (non-hydrogen) atoms. The van der Waals surface area contributed by atoms with Gasteiger partial charge in [-0.1, -0.05) is 30.2 Å². The lowest BCUT2D eigenvalue weighted by molar-refractivity contribution is -0.145. The molecule has 3 atom stereocenters. The molecule has 1 unspecified atom stereocenters. The van der Waals surface area contributed by atoms with Crippen LogP contribution in [0, 0.1) is 11.8 Å². The Kier molecular flexibility index (Phi) is 7.95. The van der Waals surface area contributed by atoms with Gasteiger partial charge in [-0.05, 0) is 49.9 Å². The number of nitrogens with two attached hydrogens (primary N) is 1. The van der Waals surface area contributed by atoms with Crippen LogP contribution in [0.1, 0.15) is 31.7 Å². The van der Waals surface area contributed by atoms with Gasteiger partial charge in [-0.15, -0.1) is 12.4 Å². The minimum absolute atomic E-state index is 0. The van der Waals surface area contributed by atoms with Gasteiger partial charge in [-0.2, -0.15) is 0 Å². The Labute approximate surface area is 172 Å². The van der Waals surface area contributed by atoms with Crippen molar-refractivity contribution in [1.29, 1.82) is 0 Å². The summed E-state index contributed by atoms with van der Waals surface area (Å²) in [4.78, 5) is 29.4. The molecule has 0 aromatic heterocycles. The van der Waals surface area contributed by atoms with Gasteiger partial charge < -0.3 is 15.5 Å². The molecule has 1 aromatic rings. The van der Waals surface area contributed by atoms with Gasteiger partial charge >= 0.3 is 0 Å². The van der Waals surface area contributed by atoms with Crippen LogP contribution in [0.3, 0.4) is 0 Å². The number of carbonyl (C=O) groups is 2. The van der Waals surface area contributed by atoms with Gasteiger partial charge in [0.1, 0.15) is 0 Å². The summed E-state index contributed by atoms with van der Waals surface area (Å²) >= 11 is 6.00. The fraction of sp³-hybridized carbons (Fsp3) is 0.600. The second-order valence-corrected chi connectivity index (χ2v) is 8.00. The molecule has 0 radical (unpaired) electrons. The van der Waals surface area contributed by atoms with Crippen molar-refractivity contribution in [2.45, 2.75) is 38.6 Å². The molecule has 3 rings (SSSR count). The molecule has 0 spiro atoms. The van der Waals surface area contributed by atoms with Crippen molar-refractivity contribution in [2.75, 3.05) is 26.2 Å². The van der Waals surface area contributed by atoms with E-state index >= 15 is 0 Å². The fourth-order valence-electron chi connectivity index (χ4n) is 4.33. The average Bonchev–Trinajstić information content (AvgIpc) is 3.09. The zero-order valence-corrected chi connectivity index (χ0v) is 17.3. The van der Waals surface area contributed by atoms with Crippen molar-refractivity contribution in [3.63, 3.8) is 0 Å². The van der Waals surface area contributed by atoms with Gasteiger partial charge in [-0.3, -0.25) is 9.59 Å². The topological polar surface area (TPSA) is 66.6 Å². The lowest BCUT2D eigenvalue weighted by atomic mass is 9.94. The number of nitrogens with zero attached hydrogens (tertiary/aromatic N) is 2. The van der Waals surface area contributed by atoms with Gasteiger partial charge in [0, 0.05) is 36.6 Å². The van der Waals surface area contributed by atoms with Gasteiger partial charge in [0.2, 0.25) is 11.8 Å². The first-order valence-corrected chi connectivity index (χ1v) is 9.90. The lowest BCUT2D eigenvalue weighted by Gasteiger charge is -2.41. The Morgan fingerprint density at radius 2 is 2.04 bits per heavy atom. The number of hydrogen-bond acceptors (Lipinski definition) is 3. The molecule has 1 saturated carbocycles. The first-order chi connectivity index (χ1) is 12.5. The molecule has 1 aliphatic heterocycles. The third-order valence-corrected chi connectivity index (χ3v) is 6.02. The Bertz CT molecular complexity index is 670. The summed E-state index contributed by atoms with van der Waals surface area (Å²) < 4.78 is 0. The van der Waals surface area contributed by atoms with E-state index in [2.05, 4.69) is 0 Å². The second kappa shape index (κ2) is 9.76. The summed E-state index contributed by atoms with van der Waals surface area (Å²) in [7, 11) is 0. The molecule has 1 heterocycles. The van der Waals surface area contributed by atoms with Gasteiger partial charge in [0.05, 0.1) is 6.42 Å². The lowest BCUT2D eigenvalue weighted by Crippen LogP contribution is -2.57. The molecule has 0 bridgehead atoms. The molecule has 1 aromatic carbocycles. The molecule has 1 saturated heterocycles. The van der Waals surface area contributed by atoms with E-state index in [-0.39, 0.29) is 36.2 Å². The molecule has 7 heteroatoms. The minimum Gasteiger partial charge on any atom is -0.339 e.